The Morgan fingerprint density at radius 1 is 1.22 bits per heavy atom. The predicted octanol–water partition coefficient (Wildman–Crippen LogP) is 3.72. The molecule has 2 aliphatic rings. The molecule has 0 aliphatic carbocycles. The van der Waals surface area contributed by atoms with Gasteiger partial charge < -0.3 is 20.2 Å². The molecule has 0 radical (unpaired) electrons. The Balaban J connectivity index is 1.74. The van der Waals surface area contributed by atoms with Crippen LogP contribution in [0, 0.1) is 5.41 Å². The largest absolute Gasteiger partial charge is 0.509 e. The zero-order chi connectivity index (χ0) is 26.6. The predicted molar refractivity (Wildman–Crippen MR) is 143 cm³/mol. The maximum absolute atomic E-state index is 13.6. The normalized spacial score (nSPS) is 22.3. The number of amides is 1. The molecule has 0 saturated carbocycles. The molecule has 2 unspecified atom stereocenters. The Hall–Kier alpha value is -2.66. The fourth-order valence-corrected chi connectivity index (χ4v) is 6.64. The van der Waals surface area contributed by atoms with E-state index in [4.69, 9.17) is 0 Å². The van der Waals surface area contributed by atoms with E-state index < -0.39 is 34.9 Å². The lowest BCUT2D eigenvalue weighted by atomic mass is 9.85. The zero-order valence-electron chi connectivity index (χ0n) is 20.0. The van der Waals surface area contributed by atoms with Crippen LogP contribution >= 0.6 is 23.4 Å². The van der Waals surface area contributed by atoms with E-state index in [2.05, 4.69) is 30.7 Å². The Morgan fingerprint density at radius 2 is 1.92 bits per heavy atom. The molecule has 2 aromatic carbocycles. The van der Waals surface area contributed by atoms with Crippen LogP contribution in [0.3, 0.4) is 0 Å². The number of hydrogen-bond donors (Lipinski definition) is 4. The number of carbonyl (C=O) groups is 1. The van der Waals surface area contributed by atoms with Gasteiger partial charge in [-0.2, -0.15) is 4.76 Å². The van der Waals surface area contributed by atoms with Crippen LogP contribution in [-0.2, 0) is 25.9 Å². The molecule has 4 rings (SSSR count). The lowest BCUT2D eigenvalue weighted by Crippen LogP contribution is -2.43. The summed E-state index contributed by atoms with van der Waals surface area (Å²) in [5.74, 6) is -0.990. The van der Waals surface area contributed by atoms with Gasteiger partial charge in [0.25, 0.3) is 5.91 Å². The van der Waals surface area contributed by atoms with Crippen molar-refractivity contribution < 1.29 is 27.8 Å². The number of aliphatic hydroxyl groups excluding tert-OH is 1. The first-order valence-corrected chi connectivity index (χ1v) is 15.2. The second-order valence-electron chi connectivity index (χ2n) is 9.82. The number of carbonyl (C=O) groups excluding carboxylic acids is 1. The van der Waals surface area contributed by atoms with E-state index in [9.17, 15) is 27.8 Å². The number of nitrogens with zero attached hydrogens (tertiary/aromatic N) is 2. The Bertz CT molecular complexity index is 1480. The highest BCUT2D eigenvalue weighted by Gasteiger charge is 2.48. The summed E-state index contributed by atoms with van der Waals surface area (Å²) in [4.78, 5) is 25.9. The molecule has 0 spiro atoms. The highest BCUT2D eigenvalue weighted by Crippen LogP contribution is 2.48. The van der Waals surface area contributed by atoms with Crippen LogP contribution in [-0.4, -0.2) is 47.4 Å². The van der Waals surface area contributed by atoms with Gasteiger partial charge in [0, 0.05) is 16.7 Å². The van der Waals surface area contributed by atoms with Crippen LogP contribution < -0.4 is 15.3 Å². The van der Waals surface area contributed by atoms with Crippen LogP contribution in [0.25, 0.3) is 0 Å². The molecule has 0 fully saturated rings. The summed E-state index contributed by atoms with van der Waals surface area (Å²) in [6.45, 7) is 5.86. The summed E-state index contributed by atoms with van der Waals surface area (Å²) >= 11 is 3.43. The fraction of sp³-hybridized carbons (Fsp3) is 0.304. The van der Waals surface area contributed by atoms with Crippen molar-refractivity contribution in [2.75, 3.05) is 16.3 Å². The number of aliphatic hydroxyl groups is 1. The summed E-state index contributed by atoms with van der Waals surface area (Å²) in [6, 6.07) is 10.8. The summed E-state index contributed by atoms with van der Waals surface area (Å²) in [5.41, 5.74) is 0.371. The molecule has 2 aromatic rings. The van der Waals surface area contributed by atoms with E-state index in [1.165, 1.54) is 23.1 Å². The molecule has 10 nitrogen and oxygen atoms in total. The molecule has 192 valence electrons. The fourth-order valence-electron chi connectivity index (χ4n) is 4.36. The van der Waals surface area contributed by atoms with Crippen molar-refractivity contribution >= 4 is 61.9 Å². The molecule has 0 bridgehead atoms. The number of rotatable bonds is 5. The first kappa shape index (κ1) is 26.4. The van der Waals surface area contributed by atoms with Crippen molar-refractivity contribution in [3.63, 3.8) is 0 Å². The van der Waals surface area contributed by atoms with Crippen LogP contribution in [0.15, 0.2) is 63.0 Å². The van der Waals surface area contributed by atoms with Crippen molar-refractivity contribution in [3.8, 4) is 0 Å². The number of amidine groups is 1. The monoisotopic (exact) mass is 596 g/mol. The number of benzene rings is 2. The molecule has 2 heterocycles. The lowest BCUT2D eigenvalue weighted by molar-refractivity contribution is -0.129. The number of anilines is 2. The van der Waals surface area contributed by atoms with Crippen molar-refractivity contribution in [1.29, 1.82) is 0 Å². The topological polar surface area (TPSA) is 148 Å². The molecule has 13 heteroatoms. The Labute approximate surface area is 217 Å². The second-order valence-corrected chi connectivity index (χ2v) is 14.2. The highest BCUT2D eigenvalue weighted by atomic mass is 79.9. The number of hydrogen-bond acceptors (Lipinski definition) is 6. The van der Waals surface area contributed by atoms with Crippen LogP contribution in [0.4, 0.5) is 11.4 Å². The third-order valence-corrected chi connectivity index (χ3v) is 8.27. The van der Waals surface area contributed by atoms with Gasteiger partial charge in [0.2, 0.25) is 10.0 Å². The van der Waals surface area contributed by atoms with Crippen molar-refractivity contribution in [1.82, 2.24) is 4.90 Å². The highest BCUT2D eigenvalue weighted by molar-refractivity contribution is 9.10. The van der Waals surface area contributed by atoms with Gasteiger partial charge >= 0.3 is 7.52 Å². The standard InChI is InChI=1S/C23H26BrN4O6PS/c1-23(2,3)20-19(29)18(22(30)28(20)12-13-6-5-7-14(24)10-13)21-25-16-9-8-15(27-36(4,33)34)11-17(16)35(31,32)26-21/h5-11,20,27,29H,12H2,1-4H3,(H2,25,26,31,32). The van der Waals surface area contributed by atoms with Gasteiger partial charge in [-0.1, -0.05) is 48.8 Å². The van der Waals surface area contributed by atoms with Crippen molar-refractivity contribution in [3.05, 3.63) is 63.8 Å². The zero-order valence-corrected chi connectivity index (χ0v) is 23.3. The number of nitrogens with one attached hydrogen (secondary N) is 2. The minimum atomic E-state index is -4.42. The quantitative estimate of drug-likeness (QED) is 0.384. The summed E-state index contributed by atoms with van der Waals surface area (Å²) < 4.78 is 43.3. The van der Waals surface area contributed by atoms with E-state index in [1.807, 2.05) is 45.0 Å². The minimum Gasteiger partial charge on any atom is -0.509 e. The first-order chi connectivity index (χ1) is 16.6. The van der Waals surface area contributed by atoms with Crippen LogP contribution in [0.2, 0.25) is 0 Å². The van der Waals surface area contributed by atoms with Gasteiger partial charge in [-0.3, -0.25) is 14.1 Å². The van der Waals surface area contributed by atoms with Crippen LogP contribution in [0.1, 0.15) is 26.3 Å². The van der Waals surface area contributed by atoms with E-state index in [-0.39, 0.29) is 40.4 Å². The maximum atomic E-state index is 13.6. The van der Waals surface area contributed by atoms with E-state index in [0.29, 0.717) is 0 Å². The smallest absolute Gasteiger partial charge is 0.346 e. The SMILES string of the molecule is CC(C)(C)C1C(O)=C(C2=NP(=O)(O)c3cc(NS(C)(=O)=O)ccc3N2)C(=O)N1Cc1cccc(Br)c1. The summed E-state index contributed by atoms with van der Waals surface area (Å²) in [7, 11) is -8.02. The molecule has 4 N–H and O–H groups in total. The van der Waals surface area contributed by atoms with Crippen molar-refractivity contribution in [2.24, 2.45) is 10.2 Å². The molecule has 2 aliphatic heterocycles. The maximum Gasteiger partial charge on any atom is 0.346 e. The molecule has 36 heavy (non-hydrogen) atoms. The van der Waals surface area contributed by atoms with Crippen LogP contribution in [0.5, 0.6) is 0 Å². The average molecular weight is 597 g/mol. The molecule has 2 atom stereocenters. The van der Waals surface area contributed by atoms with Gasteiger partial charge in [-0.05, 0) is 41.3 Å². The van der Waals surface area contributed by atoms with Gasteiger partial charge in [-0.25, -0.2) is 8.42 Å². The van der Waals surface area contributed by atoms with E-state index >= 15 is 0 Å². The van der Waals surface area contributed by atoms with Gasteiger partial charge in [0.05, 0.1) is 23.3 Å². The first-order valence-electron chi connectivity index (χ1n) is 10.9. The Morgan fingerprint density at radius 3 is 2.53 bits per heavy atom. The molecule has 0 saturated heterocycles. The van der Waals surface area contributed by atoms with Gasteiger partial charge in [-0.15, -0.1) is 0 Å². The summed E-state index contributed by atoms with van der Waals surface area (Å²) in [6.07, 6.45) is 0.964. The molecule has 1 amide bonds. The van der Waals surface area contributed by atoms with E-state index in [1.54, 1.807) is 0 Å². The molecular formula is C23H26BrN4O6PS. The number of sulfonamides is 1. The number of halogens is 1. The van der Waals surface area contributed by atoms with E-state index in [0.717, 1.165) is 16.3 Å². The molecular weight excluding hydrogens is 571 g/mol. The van der Waals surface area contributed by atoms with Gasteiger partial charge in [0.1, 0.15) is 11.3 Å². The average Bonchev–Trinajstić information content (AvgIpc) is 2.96. The van der Waals surface area contributed by atoms with Gasteiger partial charge in [0.15, 0.2) is 5.84 Å². The third kappa shape index (κ3) is 5.22. The lowest BCUT2D eigenvalue weighted by Gasteiger charge is -2.35. The minimum absolute atomic E-state index is 0.0953. The summed E-state index contributed by atoms with van der Waals surface area (Å²) in [5, 5.41) is 14.0. The van der Waals surface area contributed by atoms with Crippen molar-refractivity contribution in [2.45, 2.75) is 33.4 Å². The Kier molecular flexibility index (Phi) is 6.62. The number of fused-ring (bicyclic) bond motifs is 1. The second kappa shape index (κ2) is 9.02. The third-order valence-electron chi connectivity index (χ3n) is 5.70. The molecule has 0 aromatic heterocycles.